The number of benzene rings is 2. The maximum Gasteiger partial charge on any atom is 0.225 e. The topological polar surface area (TPSA) is 41.6 Å². The van der Waals surface area contributed by atoms with Gasteiger partial charge in [0.2, 0.25) is 5.91 Å². The van der Waals surface area contributed by atoms with Crippen molar-refractivity contribution < 1.29 is 13.9 Å². The normalized spacial score (nSPS) is 10.7. The van der Waals surface area contributed by atoms with Crippen LogP contribution in [-0.2, 0) is 11.3 Å². The molecule has 4 nitrogen and oxygen atoms in total. The van der Waals surface area contributed by atoms with Gasteiger partial charge in [0.15, 0.2) is 11.6 Å². The van der Waals surface area contributed by atoms with Crippen molar-refractivity contribution in [3.05, 3.63) is 59.9 Å². The van der Waals surface area contributed by atoms with E-state index in [1.807, 2.05) is 43.3 Å². The number of anilines is 1. The Morgan fingerprint density at radius 1 is 1.21 bits per heavy atom. The van der Waals surface area contributed by atoms with Gasteiger partial charge in [0.05, 0.1) is 7.11 Å². The van der Waals surface area contributed by atoms with Crippen molar-refractivity contribution >= 4 is 11.6 Å². The zero-order valence-electron chi connectivity index (χ0n) is 14.1. The minimum absolute atomic E-state index is 0.0273. The molecule has 0 radical (unpaired) electrons. The summed E-state index contributed by atoms with van der Waals surface area (Å²) in [6.45, 7) is 4.01. The number of methoxy groups -OCH3 is 1. The number of halogens is 1. The van der Waals surface area contributed by atoms with Gasteiger partial charge in [-0.1, -0.05) is 31.2 Å². The summed E-state index contributed by atoms with van der Waals surface area (Å²) in [4.78, 5) is 14.1. The van der Waals surface area contributed by atoms with E-state index in [-0.39, 0.29) is 17.5 Å². The fraction of sp³-hybridized carbons (Fsp3) is 0.316. The van der Waals surface area contributed by atoms with Crippen LogP contribution in [0.1, 0.15) is 18.9 Å². The zero-order valence-corrected chi connectivity index (χ0v) is 14.1. The summed E-state index contributed by atoms with van der Waals surface area (Å²) < 4.78 is 18.7. The van der Waals surface area contributed by atoms with E-state index in [9.17, 15) is 9.18 Å². The van der Waals surface area contributed by atoms with Crippen molar-refractivity contribution in [3.63, 3.8) is 0 Å². The average Bonchev–Trinajstić information content (AvgIpc) is 2.59. The molecule has 1 amide bonds. The summed E-state index contributed by atoms with van der Waals surface area (Å²) in [6.07, 6.45) is 0.390. The van der Waals surface area contributed by atoms with Crippen molar-refractivity contribution in [1.29, 1.82) is 0 Å². The molecule has 0 saturated carbocycles. The standard InChI is InChI=1S/C19H23FN2O2/c1-3-22(14-15-9-10-18(24-2)17(20)13-15)12-11-19(23)21-16-7-5-4-6-8-16/h4-10,13H,3,11-12,14H2,1-2H3,(H,21,23). The maximum absolute atomic E-state index is 13.8. The van der Waals surface area contributed by atoms with Crippen LogP contribution in [-0.4, -0.2) is 31.0 Å². The fourth-order valence-corrected chi connectivity index (χ4v) is 2.42. The number of rotatable bonds is 8. The predicted octanol–water partition coefficient (Wildman–Crippen LogP) is 3.69. The Bertz CT molecular complexity index is 662. The first-order valence-corrected chi connectivity index (χ1v) is 8.02. The lowest BCUT2D eigenvalue weighted by atomic mass is 10.2. The molecule has 0 atom stereocenters. The molecule has 2 aromatic rings. The summed E-state index contributed by atoms with van der Waals surface area (Å²) in [5, 5.41) is 2.87. The van der Waals surface area contributed by atoms with Gasteiger partial charge in [-0.2, -0.15) is 0 Å². The van der Waals surface area contributed by atoms with Crippen LogP contribution in [0, 0.1) is 5.82 Å². The van der Waals surface area contributed by atoms with Crippen molar-refractivity contribution in [3.8, 4) is 5.75 Å². The van der Waals surface area contributed by atoms with E-state index >= 15 is 0 Å². The molecule has 0 heterocycles. The fourth-order valence-electron chi connectivity index (χ4n) is 2.42. The molecule has 5 heteroatoms. The van der Waals surface area contributed by atoms with E-state index in [4.69, 9.17) is 4.74 Å². The lowest BCUT2D eigenvalue weighted by molar-refractivity contribution is -0.116. The number of amides is 1. The number of carbonyl (C=O) groups excluding carboxylic acids is 1. The first kappa shape index (κ1) is 17.9. The largest absolute Gasteiger partial charge is 0.494 e. The number of hydrogen-bond donors (Lipinski definition) is 1. The SMILES string of the molecule is CCN(CCC(=O)Nc1ccccc1)Cc1ccc(OC)c(F)c1. The minimum Gasteiger partial charge on any atom is -0.494 e. The van der Waals surface area contributed by atoms with Gasteiger partial charge in [-0.3, -0.25) is 9.69 Å². The van der Waals surface area contributed by atoms with Crippen molar-refractivity contribution in [2.75, 3.05) is 25.5 Å². The Kier molecular flexibility index (Phi) is 6.75. The predicted molar refractivity (Wildman–Crippen MR) is 93.6 cm³/mol. The third-order valence-electron chi connectivity index (χ3n) is 3.78. The van der Waals surface area contributed by atoms with E-state index < -0.39 is 0 Å². The van der Waals surface area contributed by atoms with Gasteiger partial charge >= 0.3 is 0 Å². The smallest absolute Gasteiger partial charge is 0.225 e. The highest BCUT2D eigenvalue weighted by Crippen LogP contribution is 2.18. The quantitative estimate of drug-likeness (QED) is 0.803. The first-order valence-electron chi connectivity index (χ1n) is 8.02. The molecular formula is C19H23FN2O2. The molecule has 0 unspecified atom stereocenters. The van der Waals surface area contributed by atoms with Crippen molar-refractivity contribution in [2.45, 2.75) is 19.9 Å². The molecule has 0 aliphatic rings. The van der Waals surface area contributed by atoms with Crippen molar-refractivity contribution in [2.24, 2.45) is 0 Å². The van der Waals surface area contributed by atoms with E-state index in [1.165, 1.54) is 13.2 Å². The van der Waals surface area contributed by atoms with Crippen molar-refractivity contribution in [1.82, 2.24) is 4.90 Å². The van der Waals surface area contributed by atoms with Crippen LogP contribution in [0.3, 0.4) is 0 Å². The highest BCUT2D eigenvalue weighted by molar-refractivity contribution is 5.90. The number of hydrogen-bond acceptors (Lipinski definition) is 3. The van der Waals surface area contributed by atoms with Crippen LogP contribution in [0.15, 0.2) is 48.5 Å². The van der Waals surface area contributed by atoms with Crippen LogP contribution in [0.5, 0.6) is 5.75 Å². The summed E-state index contributed by atoms with van der Waals surface area (Å²) >= 11 is 0. The van der Waals surface area contributed by atoms with Gasteiger partial charge in [-0.25, -0.2) is 4.39 Å². The highest BCUT2D eigenvalue weighted by atomic mass is 19.1. The van der Waals surface area contributed by atoms with Gasteiger partial charge in [0.25, 0.3) is 0 Å². The zero-order chi connectivity index (χ0) is 17.4. The average molecular weight is 330 g/mol. The Morgan fingerprint density at radius 2 is 1.96 bits per heavy atom. The van der Waals surface area contributed by atoms with Gasteiger partial charge in [0, 0.05) is 25.2 Å². The summed E-state index contributed by atoms with van der Waals surface area (Å²) in [7, 11) is 1.45. The number of ether oxygens (including phenoxy) is 1. The van der Waals surface area contributed by atoms with Gasteiger partial charge in [-0.05, 0) is 36.4 Å². The molecule has 0 aromatic heterocycles. The second-order valence-electron chi connectivity index (χ2n) is 5.50. The molecule has 0 bridgehead atoms. The van der Waals surface area contributed by atoms with Gasteiger partial charge in [0.1, 0.15) is 0 Å². The molecule has 0 aliphatic heterocycles. The van der Waals surface area contributed by atoms with Crippen LogP contribution in [0.2, 0.25) is 0 Å². The molecule has 0 fully saturated rings. The van der Waals surface area contributed by atoms with E-state index in [1.54, 1.807) is 6.07 Å². The minimum atomic E-state index is -0.368. The summed E-state index contributed by atoms with van der Waals surface area (Å²) in [5.74, 6) is -0.155. The Hall–Kier alpha value is -2.40. The number of para-hydroxylation sites is 1. The summed E-state index contributed by atoms with van der Waals surface area (Å²) in [6, 6.07) is 14.3. The first-order chi connectivity index (χ1) is 11.6. The van der Waals surface area contributed by atoms with E-state index in [2.05, 4.69) is 10.2 Å². The monoisotopic (exact) mass is 330 g/mol. The number of carbonyl (C=O) groups is 1. The second kappa shape index (κ2) is 9.03. The highest BCUT2D eigenvalue weighted by Gasteiger charge is 2.10. The lowest BCUT2D eigenvalue weighted by Gasteiger charge is -2.20. The molecule has 24 heavy (non-hydrogen) atoms. The van der Waals surface area contributed by atoms with Crippen LogP contribution < -0.4 is 10.1 Å². The van der Waals surface area contributed by atoms with E-state index in [0.717, 1.165) is 17.8 Å². The Labute approximate surface area is 142 Å². The molecule has 128 valence electrons. The van der Waals surface area contributed by atoms with Crippen LogP contribution in [0.25, 0.3) is 0 Å². The summed E-state index contributed by atoms with van der Waals surface area (Å²) in [5.41, 5.74) is 1.65. The lowest BCUT2D eigenvalue weighted by Crippen LogP contribution is -2.27. The van der Waals surface area contributed by atoms with Gasteiger partial charge < -0.3 is 10.1 Å². The molecular weight excluding hydrogens is 307 g/mol. The third kappa shape index (κ3) is 5.35. The van der Waals surface area contributed by atoms with Gasteiger partial charge in [-0.15, -0.1) is 0 Å². The second-order valence-corrected chi connectivity index (χ2v) is 5.50. The van der Waals surface area contributed by atoms with E-state index in [0.29, 0.717) is 19.5 Å². The molecule has 0 saturated heterocycles. The Morgan fingerprint density at radius 3 is 2.58 bits per heavy atom. The molecule has 2 aromatic carbocycles. The number of nitrogens with zero attached hydrogens (tertiary/aromatic N) is 1. The maximum atomic E-state index is 13.8. The molecule has 0 aliphatic carbocycles. The molecule has 1 N–H and O–H groups in total. The molecule has 2 rings (SSSR count). The molecule has 0 spiro atoms. The van der Waals surface area contributed by atoms with Crippen LogP contribution in [0.4, 0.5) is 10.1 Å². The number of nitrogens with one attached hydrogen (secondary N) is 1. The third-order valence-corrected chi connectivity index (χ3v) is 3.78. The van der Waals surface area contributed by atoms with Crippen LogP contribution >= 0.6 is 0 Å². The Balaban J connectivity index is 1.85.